The number of nitrogen functional groups attached to an aromatic ring is 1. The fourth-order valence-corrected chi connectivity index (χ4v) is 5.03. The van der Waals surface area contributed by atoms with E-state index in [0.29, 0.717) is 17.7 Å². The van der Waals surface area contributed by atoms with E-state index in [-0.39, 0.29) is 32.6 Å². The second-order valence-corrected chi connectivity index (χ2v) is 9.29. The van der Waals surface area contributed by atoms with E-state index in [0.717, 1.165) is 5.56 Å². The number of aromatic nitrogens is 3. The average molecular weight is 424 g/mol. The lowest BCUT2D eigenvalue weighted by molar-refractivity contribution is -0.684. The first-order valence-corrected chi connectivity index (χ1v) is 11.2. The number of nitrogens with zero attached hydrogens (tertiary/aromatic N) is 3. The minimum Gasteiger partial charge on any atom is -0.317 e. The molecule has 0 bridgehead atoms. The smallest absolute Gasteiger partial charge is 0.278 e. The molecule has 154 valence electrons. The molecule has 2 N–H and O–H groups in total. The lowest BCUT2D eigenvalue weighted by Gasteiger charge is -2.16. The van der Waals surface area contributed by atoms with Gasteiger partial charge in [0.25, 0.3) is 11.2 Å². The van der Waals surface area contributed by atoms with E-state index in [2.05, 4.69) is 0 Å². The van der Waals surface area contributed by atoms with Crippen LogP contribution in [0, 0.1) is 6.92 Å². The predicted molar refractivity (Wildman–Crippen MR) is 115 cm³/mol. The highest BCUT2D eigenvalue weighted by Gasteiger charge is 2.30. The van der Waals surface area contributed by atoms with Crippen LogP contribution in [0.3, 0.4) is 0 Å². The van der Waals surface area contributed by atoms with E-state index >= 15 is 0 Å². The normalized spacial score (nSPS) is 13.0. The van der Waals surface area contributed by atoms with E-state index in [4.69, 9.17) is 10.7 Å². The number of anilines is 1. The molecule has 0 radical (unpaired) electrons. The van der Waals surface area contributed by atoms with E-state index in [9.17, 15) is 13.2 Å². The third-order valence-electron chi connectivity index (χ3n) is 5.45. The molecule has 0 spiro atoms. The van der Waals surface area contributed by atoms with Crippen molar-refractivity contribution in [2.75, 3.05) is 5.73 Å². The summed E-state index contributed by atoms with van der Waals surface area (Å²) in [5.74, 6) is 0.0746. The van der Waals surface area contributed by atoms with Gasteiger partial charge in [-0.1, -0.05) is 36.2 Å². The highest BCUT2D eigenvalue weighted by Crippen LogP contribution is 2.27. The molecule has 0 amide bonds. The summed E-state index contributed by atoms with van der Waals surface area (Å²) in [5, 5.41) is 0.210. The third-order valence-corrected chi connectivity index (χ3v) is 7.25. The Kier molecular flexibility index (Phi) is 4.82. The minimum atomic E-state index is -3.93. The van der Waals surface area contributed by atoms with Crippen molar-refractivity contribution >= 4 is 32.3 Å². The van der Waals surface area contributed by atoms with Crippen molar-refractivity contribution in [3.05, 3.63) is 70.6 Å². The second-order valence-electron chi connectivity index (χ2n) is 7.38. The van der Waals surface area contributed by atoms with Gasteiger partial charge in [0.05, 0.1) is 10.9 Å². The Labute approximate surface area is 174 Å². The number of pyridine rings is 2. The SMILES string of the molecule is CC[C@@H](C)[n+]1c(N)c(S(=O)(=O)c2ccccc2)cc2c(=O)n3cccc(C)c3nc21. The lowest BCUT2D eigenvalue weighted by atomic mass is 10.2. The van der Waals surface area contributed by atoms with Gasteiger partial charge in [-0.3, -0.25) is 9.20 Å². The second kappa shape index (κ2) is 7.21. The Balaban J connectivity index is 2.20. The van der Waals surface area contributed by atoms with Gasteiger partial charge in [-0.25, -0.2) is 13.0 Å². The topological polar surface area (TPSA) is 98.4 Å². The van der Waals surface area contributed by atoms with Crippen molar-refractivity contribution in [1.82, 2.24) is 9.38 Å². The van der Waals surface area contributed by atoms with Crippen molar-refractivity contribution in [3.63, 3.8) is 0 Å². The zero-order chi connectivity index (χ0) is 21.6. The zero-order valence-corrected chi connectivity index (χ0v) is 17.8. The summed E-state index contributed by atoms with van der Waals surface area (Å²) in [4.78, 5) is 18.1. The maximum Gasteiger partial charge on any atom is 0.278 e. The molecule has 0 saturated carbocycles. The first-order chi connectivity index (χ1) is 14.3. The van der Waals surface area contributed by atoms with Crippen molar-refractivity contribution in [2.24, 2.45) is 0 Å². The molecule has 0 aliphatic heterocycles. The molecule has 7 nitrogen and oxygen atoms in total. The summed E-state index contributed by atoms with van der Waals surface area (Å²) < 4.78 is 29.8. The fourth-order valence-electron chi connectivity index (χ4n) is 3.62. The van der Waals surface area contributed by atoms with Crippen molar-refractivity contribution in [2.45, 2.75) is 43.0 Å². The number of fused-ring (bicyclic) bond motifs is 2. The van der Waals surface area contributed by atoms with E-state index in [1.54, 1.807) is 35.0 Å². The Morgan fingerprint density at radius 1 is 1.17 bits per heavy atom. The predicted octanol–water partition coefficient (Wildman–Crippen LogP) is 2.83. The summed E-state index contributed by atoms with van der Waals surface area (Å²) >= 11 is 0. The molecule has 1 atom stereocenters. The number of rotatable bonds is 4. The largest absolute Gasteiger partial charge is 0.317 e. The minimum absolute atomic E-state index is 0.0746. The molecule has 3 heterocycles. The van der Waals surface area contributed by atoms with Gasteiger partial charge in [0.1, 0.15) is 10.3 Å². The number of sulfone groups is 1. The number of benzene rings is 1. The Bertz CT molecular complexity index is 1440. The zero-order valence-electron chi connectivity index (χ0n) is 17.0. The molecular weight excluding hydrogens is 400 g/mol. The van der Waals surface area contributed by atoms with Gasteiger partial charge in [-0.2, -0.15) is 0 Å². The van der Waals surface area contributed by atoms with Crippen molar-refractivity contribution in [1.29, 1.82) is 0 Å². The number of hydrogen-bond acceptors (Lipinski definition) is 5. The van der Waals surface area contributed by atoms with Crippen LogP contribution in [0.1, 0.15) is 31.9 Å². The molecule has 0 aliphatic rings. The van der Waals surface area contributed by atoms with Gasteiger partial charge < -0.3 is 5.73 Å². The molecule has 30 heavy (non-hydrogen) atoms. The van der Waals surface area contributed by atoms with Crippen molar-refractivity contribution < 1.29 is 13.0 Å². The molecule has 8 heteroatoms. The number of aryl methyl sites for hydroxylation is 1. The summed E-state index contributed by atoms with van der Waals surface area (Å²) in [6.45, 7) is 5.77. The molecular formula is C22H23N4O3S+. The fraction of sp³-hybridized carbons (Fsp3) is 0.227. The quantitative estimate of drug-likeness (QED) is 0.402. The van der Waals surface area contributed by atoms with Gasteiger partial charge in [-0.15, -0.1) is 0 Å². The Morgan fingerprint density at radius 2 is 1.87 bits per heavy atom. The maximum atomic E-state index is 13.4. The third kappa shape index (κ3) is 2.95. The molecule has 4 aromatic rings. The molecule has 4 rings (SSSR count). The Morgan fingerprint density at radius 3 is 2.53 bits per heavy atom. The molecule has 0 fully saturated rings. The van der Waals surface area contributed by atoms with Crippen LogP contribution in [0.25, 0.3) is 16.7 Å². The first kappa shape index (κ1) is 20.0. The standard InChI is InChI=1S/C22H22N4O3S/c1-4-15(3)26-19(23)18(30(28,29)16-10-6-5-7-11-16)13-17-21(26)24-20-14(2)9-8-12-25(20)22(17)27/h5-13,15,23H,4H2,1-3H3/p+1/t15-/m1/s1. The molecule has 1 aromatic carbocycles. The number of hydrogen-bond donors (Lipinski definition) is 1. The monoisotopic (exact) mass is 423 g/mol. The van der Waals surface area contributed by atoms with Gasteiger partial charge in [0, 0.05) is 11.8 Å². The molecule has 0 unspecified atom stereocenters. The van der Waals surface area contributed by atoms with Gasteiger partial charge in [0.2, 0.25) is 21.3 Å². The van der Waals surface area contributed by atoms with Gasteiger partial charge >= 0.3 is 0 Å². The summed E-state index contributed by atoms with van der Waals surface area (Å²) in [5.41, 5.74) is 7.82. The van der Waals surface area contributed by atoms with Crippen LogP contribution < -0.4 is 15.9 Å². The summed E-state index contributed by atoms with van der Waals surface area (Å²) in [7, 11) is -3.93. The van der Waals surface area contributed by atoms with Crippen LogP contribution in [0.4, 0.5) is 5.82 Å². The molecule has 0 aliphatic carbocycles. The van der Waals surface area contributed by atoms with Crippen LogP contribution in [0.2, 0.25) is 0 Å². The van der Waals surface area contributed by atoms with E-state index < -0.39 is 9.84 Å². The summed E-state index contributed by atoms with van der Waals surface area (Å²) in [6.07, 6.45) is 2.32. The van der Waals surface area contributed by atoms with Crippen LogP contribution in [-0.4, -0.2) is 17.8 Å². The number of nitrogens with two attached hydrogens (primary N) is 1. The highest BCUT2D eigenvalue weighted by molar-refractivity contribution is 7.91. The van der Waals surface area contributed by atoms with Gasteiger partial charge in [0.15, 0.2) is 0 Å². The first-order valence-electron chi connectivity index (χ1n) is 9.73. The molecule has 0 saturated heterocycles. The van der Waals surface area contributed by atoms with E-state index in [1.165, 1.54) is 22.6 Å². The van der Waals surface area contributed by atoms with Crippen LogP contribution in [0.15, 0.2) is 69.3 Å². The van der Waals surface area contributed by atoms with Crippen LogP contribution in [0.5, 0.6) is 0 Å². The van der Waals surface area contributed by atoms with Crippen molar-refractivity contribution in [3.8, 4) is 0 Å². The maximum absolute atomic E-state index is 13.4. The van der Waals surface area contributed by atoms with E-state index in [1.807, 2.05) is 26.8 Å². The molecule has 3 aromatic heterocycles. The average Bonchev–Trinajstić information content (AvgIpc) is 2.74. The Hall–Kier alpha value is -3.26. The highest BCUT2D eigenvalue weighted by atomic mass is 32.2. The lowest BCUT2D eigenvalue weighted by Crippen LogP contribution is -2.44. The van der Waals surface area contributed by atoms with Crippen LogP contribution >= 0.6 is 0 Å². The van der Waals surface area contributed by atoms with Crippen LogP contribution in [-0.2, 0) is 9.84 Å². The van der Waals surface area contributed by atoms with Gasteiger partial charge in [-0.05, 0) is 44.5 Å². The summed E-state index contributed by atoms with van der Waals surface area (Å²) in [6, 6.07) is 12.9.